The second-order valence-corrected chi connectivity index (χ2v) is 4.88. The Hall–Kier alpha value is -1.30. The summed E-state index contributed by atoms with van der Waals surface area (Å²) in [4.78, 5) is 14.3. The van der Waals surface area contributed by atoms with Crippen molar-refractivity contribution in [3.63, 3.8) is 0 Å². The molecule has 1 aromatic rings. The first-order chi connectivity index (χ1) is 8.56. The lowest BCUT2D eigenvalue weighted by molar-refractivity contribution is 0.0662. The van der Waals surface area contributed by atoms with Gasteiger partial charge < -0.3 is 10.6 Å². The van der Waals surface area contributed by atoms with Crippen LogP contribution in [0.15, 0.2) is 18.2 Å². The van der Waals surface area contributed by atoms with Crippen LogP contribution in [0.25, 0.3) is 0 Å². The number of anilines is 1. The van der Waals surface area contributed by atoms with Crippen LogP contribution in [0.5, 0.6) is 0 Å². The van der Waals surface area contributed by atoms with Gasteiger partial charge in [-0.05, 0) is 25.2 Å². The highest BCUT2D eigenvalue weighted by atomic mass is 35.5. The van der Waals surface area contributed by atoms with Crippen molar-refractivity contribution < 1.29 is 4.79 Å². The molecular formula is C12H17ClN4O. The van der Waals surface area contributed by atoms with E-state index in [1.165, 1.54) is 0 Å². The fourth-order valence-electron chi connectivity index (χ4n) is 1.84. The summed E-state index contributed by atoms with van der Waals surface area (Å²) >= 11 is 6.00. The van der Waals surface area contributed by atoms with Gasteiger partial charge in [0.1, 0.15) is 0 Å². The van der Waals surface area contributed by atoms with Gasteiger partial charge in [-0.2, -0.15) is 0 Å². The average molecular weight is 269 g/mol. The smallest absolute Gasteiger partial charge is 0.267 e. The van der Waals surface area contributed by atoms with Gasteiger partial charge in [0, 0.05) is 31.9 Å². The number of nitrogens with zero attached hydrogens (tertiary/aromatic N) is 2. The van der Waals surface area contributed by atoms with E-state index in [2.05, 4.69) is 17.4 Å². The molecule has 6 heteroatoms. The Morgan fingerprint density at radius 1 is 1.33 bits per heavy atom. The summed E-state index contributed by atoms with van der Waals surface area (Å²) in [5.41, 5.74) is 9.45. The lowest BCUT2D eigenvalue weighted by atomic mass is 10.2. The third kappa shape index (κ3) is 3.13. The average Bonchev–Trinajstić information content (AvgIpc) is 2.32. The van der Waals surface area contributed by atoms with Crippen LogP contribution in [-0.2, 0) is 0 Å². The van der Waals surface area contributed by atoms with E-state index in [4.69, 9.17) is 17.3 Å². The normalized spacial score (nSPS) is 17.7. The van der Waals surface area contributed by atoms with Gasteiger partial charge in [0.2, 0.25) is 0 Å². The number of rotatable bonds is 2. The number of hydrogen-bond acceptors (Lipinski definition) is 4. The highest BCUT2D eigenvalue weighted by Crippen LogP contribution is 2.19. The molecule has 0 aromatic heterocycles. The van der Waals surface area contributed by atoms with Crippen LogP contribution in [0.4, 0.5) is 5.69 Å². The summed E-state index contributed by atoms with van der Waals surface area (Å²) < 4.78 is 0. The Morgan fingerprint density at radius 2 is 2.00 bits per heavy atom. The van der Waals surface area contributed by atoms with Gasteiger partial charge in [-0.25, -0.2) is 5.01 Å². The molecule has 1 heterocycles. The number of nitrogens with one attached hydrogen (secondary N) is 1. The highest BCUT2D eigenvalue weighted by Gasteiger charge is 2.17. The minimum atomic E-state index is -0.190. The number of benzene rings is 1. The van der Waals surface area contributed by atoms with Gasteiger partial charge in [0.15, 0.2) is 0 Å². The number of amides is 1. The summed E-state index contributed by atoms with van der Waals surface area (Å²) in [6.07, 6.45) is 0. The summed E-state index contributed by atoms with van der Waals surface area (Å²) in [6, 6.07) is 4.90. The van der Waals surface area contributed by atoms with Gasteiger partial charge in [-0.15, -0.1) is 0 Å². The second kappa shape index (κ2) is 5.56. The van der Waals surface area contributed by atoms with Crippen LogP contribution in [0.2, 0.25) is 5.02 Å². The Labute approximate surface area is 111 Å². The van der Waals surface area contributed by atoms with E-state index in [1.54, 1.807) is 18.2 Å². The standard InChI is InChI=1S/C12H17ClN4O/c1-16-4-6-17(7-5-16)15-12(18)10-3-2-9(14)8-11(10)13/h2-3,8H,4-7,14H2,1H3,(H,15,18). The highest BCUT2D eigenvalue weighted by molar-refractivity contribution is 6.34. The van der Waals surface area contributed by atoms with E-state index in [1.807, 2.05) is 5.01 Å². The first kappa shape index (κ1) is 13.1. The predicted molar refractivity (Wildman–Crippen MR) is 72.4 cm³/mol. The predicted octanol–water partition coefficient (Wildman–Crippen LogP) is 0.814. The molecule has 1 saturated heterocycles. The van der Waals surface area contributed by atoms with Crippen molar-refractivity contribution in [2.75, 3.05) is 39.0 Å². The zero-order valence-electron chi connectivity index (χ0n) is 10.3. The number of nitrogens with two attached hydrogens (primary N) is 1. The molecule has 1 aliphatic rings. The topological polar surface area (TPSA) is 61.6 Å². The van der Waals surface area contributed by atoms with Crippen LogP contribution >= 0.6 is 11.6 Å². The molecule has 18 heavy (non-hydrogen) atoms. The van der Waals surface area contributed by atoms with Crippen molar-refractivity contribution in [3.05, 3.63) is 28.8 Å². The molecule has 0 saturated carbocycles. The van der Waals surface area contributed by atoms with Crippen molar-refractivity contribution in [2.24, 2.45) is 0 Å². The molecule has 98 valence electrons. The first-order valence-corrected chi connectivity index (χ1v) is 6.23. The Kier molecular flexibility index (Phi) is 4.06. The zero-order chi connectivity index (χ0) is 13.1. The third-order valence-corrected chi connectivity index (χ3v) is 3.31. The number of hydrazine groups is 1. The van der Waals surface area contributed by atoms with E-state index in [-0.39, 0.29) is 5.91 Å². The van der Waals surface area contributed by atoms with Crippen LogP contribution in [0.1, 0.15) is 10.4 Å². The fourth-order valence-corrected chi connectivity index (χ4v) is 2.11. The van der Waals surface area contributed by atoms with Crippen LogP contribution < -0.4 is 11.2 Å². The summed E-state index contributed by atoms with van der Waals surface area (Å²) in [6.45, 7) is 3.51. The number of nitrogen functional groups attached to an aromatic ring is 1. The zero-order valence-corrected chi connectivity index (χ0v) is 11.1. The largest absolute Gasteiger partial charge is 0.399 e. The molecule has 1 amide bonds. The molecule has 1 fully saturated rings. The second-order valence-electron chi connectivity index (χ2n) is 4.47. The Bertz CT molecular complexity index is 444. The maximum atomic E-state index is 12.0. The lowest BCUT2D eigenvalue weighted by Gasteiger charge is -2.32. The van der Waals surface area contributed by atoms with E-state index < -0.39 is 0 Å². The Morgan fingerprint density at radius 3 is 2.61 bits per heavy atom. The minimum absolute atomic E-state index is 0.190. The number of piperazine rings is 1. The number of hydrogen-bond donors (Lipinski definition) is 2. The summed E-state index contributed by atoms with van der Waals surface area (Å²) in [5, 5.41) is 2.29. The van der Waals surface area contributed by atoms with Crippen molar-refractivity contribution in [1.29, 1.82) is 0 Å². The fraction of sp³-hybridized carbons (Fsp3) is 0.417. The van der Waals surface area contributed by atoms with Crippen LogP contribution in [0.3, 0.4) is 0 Å². The van der Waals surface area contributed by atoms with Gasteiger partial charge >= 0.3 is 0 Å². The molecule has 0 unspecified atom stereocenters. The van der Waals surface area contributed by atoms with Crippen LogP contribution in [-0.4, -0.2) is 49.0 Å². The number of carbonyl (C=O) groups excluding carboxylic acids is 1. The maximum Gasteiger partial charge on any atom is 0.267 e. The van der Waals surface area contributed by atoms with Crippen molar-refractivity contribution in [2.45, 2.75) is 0 Å². The first-order valence-electron chi connectivity index (χ1n) is 5.86. The molecule has 0 bridgehead atoms. The van der Waals surface area contributed by atoms with E-state index in [0.717, 1.165) is 26.2 Å². The van der Waals surface area contributed by atoms with Crippen LogP contribution in [0, 0.1) is 0 Å². The van der Waals surface area contributed by atoms with E-state index >= 15 is 0 Å². The van der Waals surface area contributed by atoms with Crippen molar-refractivity contribution in [1.82, 2.24) is 15.3 Å². The van der Waals surface area contributed by atoms with Gasteiger partial charge in [-0.1, -0.05) is 11.6 Å². The maximum absolute atomic E-state index is 12.0. The van der Waals surface area contributed by atoms with E-state index in [0.29, 0.717) is 16.3 Å². The molecule has 3 N–H and O–H groups in total. The number of likely N-dealkylation sites (N-methyl/N-ethyl adjacent to an activating group) is 1. The number of halogens is 1. The molecule has 0 atom stereocenters. The molecule has 0 spiro atoms. The van der Waals surface area contributed by atoms with Gasteiger partial charge in [0.05, 0.1) is 10.6 Å². The SMILES string of the molecule is CN1CCN(NC(=O)c2ccc(N)cc2Cl)CC1. The van der Waals surface area contributed by atoms with Gasteiger partial charge in [0.25, 0.3) is 5.91 Å². The molecule has 0 radical (unpaired) electrons. The summed E-state index contributed by atoms with van der Waals surface area (Å²) in [5.74, 6) is -0.190. The molecule has 2 rings (SSSR count). The third-order valence-electron chi connectivity index (χ3n) is 3.00. The van der Waals surface area contributed by atoms with Crippen molar-refractivity contribution >= 4 is 23.2 Å². The molecule has 1 aliphatic heterocycles. The van der Waals surface area contributed by atoms with Crippen molar-refractivity contribution in [3.8, 4) is 0 Å². The van der Waals surface area contributed by atoms with Gasteiger partial charge in [-0.3, -0.25) is 10.2 Å². The molecule has 1 aromatic carbocycles. The minimum Gasteiger partial charge on any atom is -0.399 e. The Balaban J connectivity index is 1.99. The molecule has 0 aliphatic carbocycles. The molecule has 5 nitrogen and oxygen atoms in total. The summed E-state index contributed by atoms with van der Waals surface area (Å²) in [7, 11) is 2.07. The van der Waals surface area contributed by atoms with E-state index in [9.17, 15) is 4.79 Å². The lowest BCUT2D eigenvalue weighted by Crippen LogP contribution is -2.52. The molecular weight excluding hydrogens is 252 g/mol. The number of carbonyl (C=O) groups is 1. The monoisotopic (exact) mass is 268 g/mol. The quantitative estimate of drug-likeness (QED) is 0.780.